The van der Waals surface area contributed by atoms with Gasteiger partial charge < -0.3 is 15.0 Å². The van der Waals surface area contributed by atoms with Gasteiger partial charge in [-0.3, -0.25) is 0 Å². The Hall–Kier alpha value is -1.50. The molecule has 2 aromatic rings. The molecule has 1 saturated heterocycles. The first-order valence-electron chi connectivity index (χ1n) is 8.19. The van der Waals surface area contributed by atoms with E-state index in [-0.39, 0.29) is 0 Å². The molecule has 0 spiro atoms. The van der Waals surface area contributed by atoms with Crippen molar-refractivity contribution >= 4 is 16.5 Å². The molecule has 3 rings (SSSR count). The first-order chi connectivity index (χ1) is 11.3. The van der Waals surface area contributed by atoms with Gasteiger partial charge >= 0.3 is 0 Å². The SMILES string of the molecule is COCCN1CCC[C@H](CNc2nnc(-c3ccccc3)s2)C1. The van der Waals surface area contributed by atoms with Crippen molar-refractivity contribution in [1.29, 1.82) is 0 Å². The van der Waals surface area contributed by atoms with Gasteiger partial charge in [-0.2, -0.15) is 0 Å². The first kappa shape index (κ1) is 16.4. The molecule has 1 fully saturated rings. The summed E-state index contributed by atoms with van der Waals surface area (Å²) in [5.41, 5.74) is 1.13. The van der Waals surface area contributed by atoms with E-state index in [1.165, 1.54) is 19.4 Å². The van der Waals surface area contributed by atoms with Crippen molar-refractivity contribution in [2.75, 3.05) is 45.2 Å². The highest BCUT2D eigenvalue weighted by Crippen LogP contribution is 2.26. The van der Waals surface area contributed by atoms with Gasteiger partial charge in [-0.05, 0) is 25.3 Å². The van der Waals surface area contributed by atoms with Crippen LogP contribution in [0.1, 0.15) is 12.8 Å². The lowest BCUT2D eigenvalue weighted by Gasteiger charge is -2.32. The summed E-state index contributed by atoms with van der Waals surface area (Å²) in [5, 5.41) is 13.9. The minimum Gasteiger partial charge on any atom is -0.383 e. The number of methoxy groups -OCH3 is 1. The van der Waals surface area contributed by atoms with Crippen molar-refractivity contribution in [3.05, 3.63) is 30.3 Å². The summed E-state index contributed by atoms with van der Waals surface area (Å²) < 4.78 is 5.18. The zero-order chi connectivity index (χ0) is 15.9. The molecule has 0 amide bonds. The molecule has 1 aromatic carbocycles. The van der Waals surface area contributed by atoms with Crippen molar-refractivity contribution < 1.29 is 4.74 Å². The van der Waals surface area contributed by atoms with E-state index in [2.05, 4.69) is 32.5 Å². The summed E-state index contributed by atoms with van der Waals surface area (Å²) in [5.74, 6) is 0.671. The number of hydrogen-bond acceptors (Lipinski definition) is 6. The second kappa shape index (κ2) is 8.38. The largest absolute Gasteiger partial charge is 0.383 e. The Morgan fingerprint density at radius 3 is 3.00 bits per heavy atom. The maximum absolute atomic E-state index is 5.18. The maximum Gasteiger partial charge on any atom is 0.206 e. The molecule has 0 radical (unpaired) electrons. The number of piperidine rings is 1. The molecule has 0 aliphatic carbocycles. The zero-order valence-electron chi connectivity index (χ0n) is 13.6. The fraction of sp³-hybridized carbons (Fsp3) is 0.529. The van der Waals surface area contributed by atoms with Crippen LogP contribution < -0.4 is 5.32 Å². The molecule has 2 heterocycles. The topological polar surface area (TPSA) is 50.3 Å². The lowest BCUT2D eigenvalue weighted by molar-refractivity contribution is 0.117. The number of nitrogens with one attached hydrogen (secondary N) is 1. The lowest BCUT2D eigenvalue weighted by Crippen LogP contribution is -2.39. The van der Waals surface area contributed by atoms with Crippen LogP contribution in [-0.2, 0) is 4.74 Å². The Morgan fingerprint density at radius 1 is 1.30 bits per heavy atom. The molecule has 1 aromatic heterocycles. The second-order valence-electron chi connectivity index (χ2n) is 5.96. The lowest BCUT2D eigenvalue weighted by atomic mass is 9.98. The quantitative estimate of drug-likeness (QED) is 0.845. The third-order valence-electron chi connectivity index (χ3n) is 4.20. The van der Waals surface area contributed by atoms with Gasteiger partial charge in [-0.1, -0.05) is 41.7 Å². The molecular weight excluding hydrogens is 308 g/mol. The number of likely N-dealkylation sites (tertiary alicyclic amines) is 1. The Balaban J connectivity index is 1.50. The van der Waals surface area contributed by atoms with Crippen LogP contribution in [0.3, 0.4) is 0 Å². The average molecular weight is 332 g/mol. The highest BCUT2D eigenvalue weighted by molar-refractivity contribution is 7.18. The van der Waals surface area contributed by atoms with E-state index in [4.69, 9.17) is 4.74 Å². The first-order valence-corrected chi connectivity index (χ1v) is 9.01. The van der Waals surface area contributed by atoms with E-state index in [1.54, 1.807) is 18.4 Å². The molecule has 6 heteroatoms. The van der Waals surface area contributed by atoms with Crippen LogP contribution in [0, 0.1) is 5.92 Å². The van der Waals surface area contributed by atoms with Crippen LogP contribution in [0.15, 0.2) is 30.3 Å². The molecule has 23 heavy (non-hydrogen) atoms. The summed E-state index contributed by atoms with van der Waals surface area (Å²) >= 11 is 1.62. The van der Waals surface area contributed by atoms with Crippen molar-refractivity contribution in [3.8, 4) is 10.6 Å². The minimum absolute atomic E-state index is 0.671. The van der Waals surface area contributed by atoms with Crippen LogP contribution in [0.2, 0.25) is 0 Å². The van der Waals surface area contributed by atoms with E-state index in [0.29, 0.717) is 5.92 Å². The molecule has 0 bridgehead atoms. The highest BCUT2D eigenvalue weighted by atomic mass is 32.1. The van der Waals surface area contributed by atoms with Crippen LogP contribution in [-0.4, -0.2) is 55.0 Å². The number of aromatic nitrogens is 2. The fourth-order valence-corrected chi connectivity index (χ4v) is 3.72. The number of benzene rings is 1. The predicted octanol–water partition coefficient (Wildman–Crippen LogP) is 2.98. The Morgan fingerprint density at radius 2 is 2.17 bits per heavy atom. The monoisotopic (exact) mass is 332 g/mol. The molecule has 0 unspecified atom stereocenters. The number of rotatable bonds is 7. The number of ether oxygens (including phenoxy) is 1. The third kappa shape index (κ3) is 4.73. The summed E-state index contributed by atoms with van der Waals surface area (Å²) in [6, 6.07) is 10.2. The van der Waals surface area contributed by atoms with E-state index in [1.807, 2.05) is 18.2 Å². The third-order valence-corrected chi connectivity index (χ3v) is 5.13. The molecule has 124 valence electrons. The number of hydrogen-bond donors (Lipinski definition) is 1. The Kier molecular flexibility index (Phi) is 5.96. The van der Waals surface area contributed by atoms with Gasteiger partial charge in [-0.25, -0.2) is 0 Å². The molecule has 1 aliphatic rings. The van der Waals surface area contributed by atoms with Gasteiger partial charge in [0, 0.05) is 32.3 Å². The summed E-state index contributed by atoms with van der Waals surface area (Å²) in [6.07, 6.45) is 2.54. The minimum atomic E-state index is 0.671. The van der Waals surface area contributed by atoms with Crippen molar-refractivity contribution in [2.24, 2.45) is 5.92 Å². The molecule has 1 aliphatic heterocycles. The fourth-order valence-electron chi connectivity index (χ4n) is 2.97. The average Bonchev–Trinajstić information content (AvgIpc) is 3.08. The second-order valence-corrected chi connectivity index (χ2v) is 6.94. The van der Waals surface area contributed by atoms with Crippen molar-refractivity contribution in [3.63, 3.8) is 0 Å². The predicted molar refractivity (Wildman–Crippen MR) is 94.9 cm³/mol. The van der Waals surface area contributed by atoms with Gasteiger partial charge in [0.2, 0.25) is 5.13 Å². The number of anilines is 1. The highest BCUT2D eigenvalue weighted by Gasteiger charge is 2.19. The molecule has 0 saturated carbocycles. The standard InChI is InChI=1S/C17H24N4OS/c1-22-11-10-21-9-5-6-14(13-21)12-18-17-20-19-16(23-17)15-7-3-2-4-8-15/h2-4,7-8,14H,5-6,9-13H2,1H3,(H,18,20)/t14-/m1/s1. The van der Waals surface area contributed by atoms with Crippen LogP contribution in [0.5, 0.6) is 0 Å². The van der Waals surface area contributed by atoms with E-state index in [9.17, 15) is 0 Å². The molecule has 1 N–H and O–H groups in total. The Labute approximate surface area is 141 Å². The van der Waals surface area contributed by atoms with Crippen LogP contribution in [0.4, 0.5) is 5.13 Å². The normalized spacial score (nSPS) is 18.9. The van der Waals surface area contributed by atoms with Gasteiger partial charge in [-0.15, -0.1) is 10.2 Å². The van der Waals surface area contributed by atoms with Gasteiger partial charge in [0.25, 0.3) is 0 Å². The van der Waals surface area contributed by atoms with Gasteiger partial charge in [0.1, 0.15) is 5.01 Å². The molecular formula is C17H24N4OS. The van der Waals surface area contributed by atoms with Gasteiger partial charge in [0.05, 0.1) is 6.61 Å². The van der Waals surface area contributed by atoms with Crippen LogP contribution in [0.25, 0.3) is 10.6 Å². The van der Waals surface area contributed by atoms with Crippen LogP contribution >= 0.6 is 11.3 Å². The zero-order valence-corrected chi connectivity index (χ0v) is 14.4. The van der Waals surface area contributed by atoms with Crippen molar-refractivity contribution in [1.82, 2.24) is 15.1 Å². The van der Waals surface area contributed by atoms with E-state index in [0.717, 1.165) is 41.9 Å². The Bertz CT molecular complexity index is 589. The maximum atomic E-state index is 5.18. The van der Waals surface area contributed by atoms with Gasteiger partial charge in [0.15, 0.2) is 0 Å². The molecule has 1 atom stereocenters. The number of nitrogens with zero attached hydrogens (tertiary/aromatic N) is 3. The molecule has 5 nitrogen and oxygen atoms in total. The van der Waals surface area contributed by atoms with Crippen molar-refractivity contribution in [2.45, 2.75) is 12.8 Å². The summed E-state index contributed by atoms with van der Waals surface area (Å²) in [4.78, 5) is 2.49. The van der Waals surface area contributed by atoms with E-state index < -0.39 is 0 Å². The smallest absolute Gasteiger partial charge is 0.206 e. The summed E-state index contributed by atoms with van der Waals surface area (Å²) in [6.45, 7) is 5.14. The van der Waals surface area contributed by atoms with E-state index >= 15 is 0 Å². The summed E-state index contributed by atoms with van der Waals surface area (Å²) in [7, 11) is 1.77.